The van der Waals surface area contributed by atoms with Crippen LogP contribution < -0.4 is 34.7 Å². The van der Waals surface area contributed by atoms with Gasteiger partial charge >= 0.3 is 29.6 Å². The van der Waals surface area contributed by atoms with Gasteiger partial charge in [-0.15, -0.1) is 0 Å². The zero-order valence-electron chi connectivity index (χ0n) is 18.4. The largest absolute Gasteiger partial charge is 1.00 e. The molecule has 1 aromatic heterocycles. The Labute approximate surface area is 213 Å². The zero-order valence-corrected chi connectivity index (χ0v) is 20.4. The van der Waals surface area contributed by atoms with E-state index in [0.29, 0.717) is 5.69 Å². The number of aliphatic hydroxyl groups excluding tert-OH is 2. The third-order valence-electron chi connectivity index (χ3n) is 5.63. The predicted octanol–water partition coefficient (Wildman–Crippen LogP) is -0.564. The van der Waals surface area contributed by atoms with Gasteiger partial charge in [0.2, 0.25) is 0 Å². The molecule has 1 heterocycles. The standard InChI is InChI=1S/C25H25FN2O4.Na/c26-17-8-10-18(11-9-17)28-23(13-12-19(29)14-20(30)15-24(31)32)22-7-3-5-16-4-1-2-6-21(16)25(22)27-28;/h1-2,4,6,8-13,19-20,29-30H,3,5,7,14-15H2,(H,31,32);/q;+1/p-1/b13-12+;/t19-,20-;/m1./s1. The molecule has 33 heavy (non-hydrogen) atoms. The monoisotopic (exact) mass is 458 g/mol. The number of aromatic nitrogens is 2. The molecule has 0 amide bonds. The number of fused-ring (bicyclic) bond motifs is 3. The van der Waals surface area contributed by atoms with Crippen molar-refractivity contribution in [2.75, 3.05) is 0 Å². The van der Waals surface area contributed by atoms with E-state index in [2.05, 4.69) is 6.07 Å². The molecular formula is C25H24FN2NaO4. The van der Waals surface area contributed by atoms with Crippen LogP contribution in [0.25, 0.3) is 23.0 Å². The molecular weight excluding hydrogens is 434 g/mol. The van der Waals surface area contributed by atoms with E-state index in [1.54, 1.807) is 22.9 Å². The van der Waals surface area contributed by atoms with Gasteiger partial charge in [0.1, 0.15) is 5.82 Å². The number of hydrogen-bond acceptors (Lipinski definition) is 5. The fourth-order valence-electron chi connectivity index (χ4n) is 4.14. The zero-order chi connectivity index (χ0) is 22.7. The van der Waals surface area contributed by atoms with Crippen molar-refractivity contribution in [2.24, 2.45) is 0 Å². The average molecular weight is 458 g/mol. The van der Waals surface area contributed by atoms with Crippen LogP contribution in [-0.4, -0.2) is 38.2 Å². The van der Waals surface area contributed by atoms with E-state index in [4.69, 9.17) is 5.10 Å². The summed E-state index contributed by atoms with van der Waals surface area (Å²) in [5, 5.41) is 35.6. The van der Waals surface area contributed by atoms with E-state index in [-0.39, 0.29) is 41.8 Å². The molecule has 6 nitrogen and oxygen atoms in total. The molecule has 1 aliphatic carbocycles. The number of carboxylic acid groups (broad SMARTS) is 1. The molecule has 1 aliphatic rings. The van der Waals surface area contributed by atoms with Crippen LogP contribution in [0.1, 0.15) is 36.1 Å². The van der Waals surface area contributed by atoms with Crippen molar-refractivity contribution in [2.45, 2.75) is 44.3 Å². The van der Waals surface area contributed by atoms with Crippen LogP contribution in [0.5, 0.6) is 0 Å². The van der Waals surface area contributed by atoms with Gasteiger partial charge in [-0.25, -0.2) is 9.07 Å². The third-order valence-corrected chi connectivity index (χ3v) is 5.63. The summed E-state index contributed by atoms with van der Waals surface area (Å²) in [5.74, 6) is -1.71. The van der Waals surface area contributed by atoms with E-state index in [9.17, 15) is 24.5 Å². The summed E-state index contributed by atoms with van der Waals surface area (Å²) in [6.45, 7) is 0. The second kappa shape index (κ2) is 11.2. The fraction of sp³-hybridized carbons (Fsp3) is 0.280. The number of aliphatic carboxylic acids is 1. The third kappa shape index (κ3) is 5.99. The van der Waals surface area contributed by atoms with Gasteiger partial charge in [-0.1, -0.05) is 30.3 Å². The Kier molecular flexibility index (Phi) is 8.62. The van der Waals surface area contributed by atoms with E-state index in [1.807, 2.05) is 18.2 Å². The molecule has 2 atom stereocenters. The van der Waals surface area contributed by atoms with Gasteiger partial charge in [-0.3, -0.25) is 0 Å². The summed E-state index contributed by atoms with van der Waals surface area (Å²) < 4.78 is 15.2. The van der Waals surface area contributed by atoms with Crippen molar-refractivity contribution < 1.29 is 54.1 Å². The van der Waals surface area contributed by atoms with Crippen LogP contribution in [0.15, 0.2) is 54.6 Å². The number of nitrogens with zero attached hydrogens (tertiary/aromatic N) is 2. The maximum atomic E-state index is 13.5. The molecule has 166 valence electrons. The number of carbonyl (C=O) groups excluding carboxylic acids is 1. The van der Waals surface area contributed by atoms with Gasteiger partial charge in [0.05, 0.1) is 29.3 Å². The minimum Gasteiger partial charge on any atom is -0.550 e. The summed E-state index contributed by atoms with van der Waals surface area (Å²) in [5.41, 5.74) is 5.60. The average Bonchev–Trinajstić information content (AvgIpc) is 3.00. The Bertz CT molecular complexity index is 1140. The molecule has 0 aliphatic heterocycles. The molecule has 0 saturated carbocycles. The van der Waals surface area contributed by atoms with Crippen LogP contribution in [0.4, 0.5) is 4.39 Å². The molecule has 8 heteroatoms. The molecule has 0 radical (unpaired) electrons. The van der Waals surface area contributed by atoms with Gasteiger partial charge < -0.3 is 20.1 Å². The summed E-state index contributed by atoms with van der Waals surface area (Å²) in [6.07, 6.45) is 3.00. The first-order valence-electron chi connectivity index (χ1n) is 10.6. The SMILES string of the molecule is O=C([O-])C[C@H](O)C[C@H](O)/C=C/c1c2c(nn1-c1ccc(F)cc1)-c1ccccc1CCC2.[Na+]. The number of benzene rings is 2. The van der Waals surface area contributed by atoms with Gasteiger partial charge in [-0.2, -0.15) is 5.10 Å². The normalized spacial score (nSPS) is 14.6. The second-order valence-electron chi connectivity index (χ2n) is 8.00. The maximum absolute atomic E-state index is 13.5. The molecule has 0 bridgehead atoms. The molecule has 4 rings (SSSR count). The summed E-state index contributed by atoms with van der Waals surface area (Å²) in [6, 6.07) is 14.2. The van der Waals surface area contributed by atoms with E-state index < -0.39 is 24.6 Å². The summed E-state index contributed by atoms with van der Waals surface area (Å²) >= 11 is 0. The molecule has 2 N–H and O–H groups in total. The van der Waals surface area contributed by atoms with Crippen molar-refractivity contribution in [1.82, 2.24) is 9.78 Å². The minimum atomic E-state index is -1.37. The maximum Gasteiger partial charge on any atom is 1.00 e. The molecule has 0 spiro atoms. The Morgan fingerprint density at radius 1 is 1.15 bits per heavy atom. The van der Waals surface area contributed by atoms with Crippen LogP contribution in [0, 0.1) is 5.82 Å². The summed E-state index contributed by atoms with van der Waals surface area (Å²) in [4.78, 5) is 10.6. The second-order valence-corrected chi connectivity index (χ2v) is 8.00. The van der Waals surface area contributed by atoms with Gasteiger partial charge in [0.15, 0.2) is 0 Å². The predicted molar refractivity (Wildman–Crippen MR) is 116 cm³/mol. The first-order valence-corrected chi connectivity index (χ1v) is 10.6. The van der Waals surface area contributed by atoms with Crippen molar-refractivity contribution in [3.8, 4) is 16.9 Å². The summed E-state index contributed by atoms with van der Waals surface area (Å²) in [7, 11) is 0. The molecule has 0 saturated heterocycles. The smallest absolute Gasteiger partial charge is 0.550 e. The number of carbonyl (C=O) groups is 1. The van der Waals surface area contributed by atoms with Gasteiger partial charge in [0, 0.05) is 29.9 Å². The Balaban J connectivity index is 0.00000306. The Morgan fingerprint density at radius 3 is 2.61 bits per heavy atom. The van der Waals surface area contributed by atoms with Crippen molar-refractivity contribution in [3.05, 3.63) is 77.2 Å². The topological polar surface area (TPSA) is 98.4 Å². The van der Waals surface area contributed by atoms with E-state index in [0.717, 1.165) is 41.8 Å². The van der Waals surface area contributed by atoms with Crippen molar-refractivity contribution >= 4 is 12.0 Å². The van der Waals surface area contributed by atoms with Crippen LogP contribution in [-0.2, 0) is 17.6 Å². The van der Waals surface area contributed by atoms with Crippen LogP contribution in [0.3, 0.4) is 0 Å². The number of hydrogen-bond donors (Lipinski definition) is 2. The quantitative estimate of drug-likeness (QED) is 0.463. The number of halogens is 1. The number of aryl methyl sites for hydroxylation is 1. The van der Waals surface area contributed by atoms with E-state index >= 15 is 0 Å². The molecule has 2 aromatic carbocycles. The van der Waals surface area contributed by atoms with Gasteiger partial charge in [-0.05, 0) is 55.2 Å². The Morgan fingerprint density at radius 2 is 1.88 bits per heavy atom. The molecule has 0 fully saturated rings. The Hall–Kier alpha value is -2.29. The molecule has 0 unspecified atom stereocenters. The number of carboxylic acids is 1. The molecule has 3 aromatic rings. The van der Waals surface area contributed by atoms with Crippen LogP contribution in [0.2, 0.25) is 0 Å². The van der Waals surface area contributed by atoms with Crippen molar-refractivity contribution in [3.63, 3.8) is 0 Å². The number of aliphatic hydroxyl groups is 2. The van der Waals surface area contributed by atoms with Crippen LogP contribution >= 0.6 is 0 Å². The van der Waals surface area contributed by atoms with E-state index in [1.165, 1.54) is 23.8 Å². The fourth-order valence-corrected chi connectivity index (χ4v) is 4.14. The first kappa shape index (κ1) is 25.3. The van der Waals surface area contributed by atoms with Gasteiger partial charge in [0.25, 0.3) is 0 Å². The minimum absolute atomic E-state index is 0. The number of rotatable bonds is 7. The van der Waals surface area contributed by atoms with Crippen molar-refractivity contribution in [1.29, 1.82) is 0 Å². The first-order chi connectivity index (χ1) is 15.4.